The van der Waals surface area contributed by atoms with Crippen LogP contribution in [0.2, 0.25) is 0 Å². The molecule has 1 unspecified atom stereocenters. The van der Waals surface area contributed by atoms with Crippen molar-refractivity contribution in [3.63, 3.8) is 0 Å². The predicted molar refractivity (Wildman–Crippen MR) is 87.6 cm³/mol. The van der Waals surface area contributed by atoms with Crippen molar-refractivity contribution in [2.45, 2.75) is 23.5 Å². The zero-order chi connectivity index (χ0) is 14.8. The first kappa shape index (κ1) is 15.8. The molecule has 0 saturated carbocycles. The van der Waals surface area contributed by atoms with Crippen molar-refractivity contribution < 1.29 is 8.42 Å². The molecule has 0 aliphatic carbocycles. The van der Waals surface area contributed by atoms with Crippen LogP contribution in [0.5, 0.6) is 0 Å². The number of hydrogen-bond acceptors (Lipinski definition) is 4. The van der Waals surface area contributed by atoms with Gasteiger partial charge in [-0.1, -0.05) is 37.3 Å². The second kappa shape index (κ2) is 6.43. The molecule has 0 aromatic heterocycles. The van der Waals surface area contributed by atoms with Crippen LogP contribution in [0.25, 0.3) is 0 Å². The summed E-state index contributed by atoms with van der Waals surface area (Å²) in [5.41, 5.74) is 6.06. The van der Waals surface area contributed by atoms with Crippen LogP contribution >= 0.6 is 24.0 Å². The fourth-order valence-electron chi connectivity index (χ4n) is 2.19. The van der Waals surface area contributed by atoms with Crippen LogP contribution in [0.1, 0.15) is 18.9 Å². The predicted octanol–water partition coefficient (Wildman–Crippen LogP) is 1.84. The first-order valence-electron chi connectivity index (χ1n) is 6.47. The summed E-state index contributed by atoms with van der Waals surface area (Å²) in [4.78, 5) is 0.330. The lowest BCUT2D eigenvalue weighted by atomic mass is 10.2. The van der Waals surface area contributed by atoms with Crippen molar-refractivity contribution in [3.8, 4) is 0 Å². The molecule has 1 atom stereocenters. The third kappa shape index (κ3) is 3.16. The van der Waals surface area contributed by atoms with Crippen molar-refractivity contribution in [2.75, 3.05) is 18.8 Å². The Morgan fingerprint density at radius 2 is 2.20 bits per heavy atom. The molecule has 1 saturated heterocycles. The number of nitrogens with two attached hydrogens (primary N) is 1. The van der Waals surface area contributed by atoms with Gasteiger partial charge in [-0.3, -0.25) is 0 Å². The van der Waals surface area contributed by atoms with Crippen LogP contribution in [0.3, 0.4) is 0 Å². The van der Waals surface area contributed by atoms with E-state index >= 15 is 0 Å². The molecular weight excluding hydrogens is 312 g/mol. The lowest BCUT2D eigenvalue weighted by Gasteiger charge is -2.31. The van der Waals surface area contributed by atoms with Gasteiger partial charge >= 0.3 is 0 Å². The van der Waals surface area contributed by atoms with E-state index in [0.717, 1.165) is 12.2 Å². The SMILES string of the molecule is CCC1CN(S(=O)(=O)c2ccccc2C(N)=S)CCS1. The summed E-state index contributed by atoms with van der Waals surface area (Å²) < 4.78 is 27.1. The van der Waals surface area contributed by atoms with E-state index in [1.807, 2.05) is 11.8 Å². The Balaban J connectivity index is 2.38. The van der Waals surface area contributed by atoms with E-state index in [1.54, 1.807) is 28.6 Å². The zero-order valence-corrected chi connectivity index (χ0v) is 13.7. The molecule has 4 nitrogen and oxygen atoms in total. The van der Waals surface area contributed by atoms with Crippen molar-refractivity contribution >= 4 is 39.0 Å². The molecule has 7 heteroatoms. The molecule has 1 heterocycles. The van der Waals surface area contributed by atoms with Gasteiger partial charge in [-0.2, -0.15) is 16.1 Å². The van der Waals surface area contributed by atoms with E-state index in [4.69, 9.17) is 18.0 Å². The first-order valence-corrected chi connectivity index (χ1v) is 9.37. The summed E-state index contributed by atoms with van der Waals surface area (Å²) in [6.45, 7) is 3.17. The van der Waals surface area contributed by atoms with Gasteiger partial charge in [-0.15, -0.1) is 0 Å². The minimum absolute atomic E-state index is 0.114. The monoisotopic (exact) mass is 330 g/mol. The minimum Gasteiger partial charge on any atom is -0.389 e. The van der Waals surface area contributed by atoms with Gasteiger partial charge in [0.2, 0.25) is 10.0 Å². The lowest BCUT2D eigenvalue weighted by Crippen LogP contribution is -2.42. The second-order valence-corrected chi connectivity index (χ2v) is 8.38. The number of thioether (sulfide) groups is 1. The Morgan fingerprint density at radius 1 is 1.50 bits per heavy atom. The quantitative estimate of drug-likeness (QED) is 0.854. The average molecular weight is 331 g/mol. The molecule has 0 radical (unpaired) electrons. The Bertz CT molecular complexity index is 601. The van der Waals surface area contributed by atoms with Crippen molar-refractivity contribution in [1.29, 1.82) is 0 Å². The third-order valence-electron chi connectivity index (χ3n) is 3.33. The van der Waals surface area contributed by atoms with Crippen molar-refractivity contribution in [1.82, 2.24) is 4.31 Å². The van der Waals surface area contributed by atoms with Gasteiger partial charge in [-0.05, 0) is 12.5 Å². The first-order chi connectivity index (χ1) is 9.46. The highest BCUT2D eigenvalue weighted by molar-refractivity contribution is 8.00. The van der Waals surface area contributed by atoms with E-state index in [2.05, 4.69) is 6.92 Å². The molecule has 1 aliphatic heterocycles. The second-order valence-electron chi connectivity index (χ2n) is 4.62. The number of hydrogen-bond donors (Lipinski definition) is 1. The lowest BCUT2D eigenvalue weighted by molar-refractivity contribution is 0.416. The van der Waals surface area contributed by atoms with Gasteiger partial charge in [-0.25, -0.2) is 8.42 Å². The van der Waals surface area contributed by atoms with Gasteiger partial charge in [0.25, 0.3) is 0 Å². The van der Waals surface area contributed by atoms with E-state index in [-0.39, 0.29) is 9.88 Å². The average Bonchev–Trinajstić information content (AvgIpc) is 2.47. The summed E-state index contributed by atoms with van der Waals surface area (Å²) in [5, 5.41) is 0.357. The van der Waals surface area contributed by atoms with E-state index < -0.39 is 10.0 Å². The Kier molecular flexibility index (Phi) is 5.06. The standard InChI is InChI=1S/C13H18N2O2S3/c1-2-10-9-15(7-8-19-10)20(16,17)12-6-4-3-5-11(12)13(14)18/h3-6,10H,2,7-9H2,1H3,(H2,14,18). The topological polar surface area (TPSA) is 63.4 Å². The maximum atomic E-state index is 12.8. The van der Waals surface area contributed by atoms with E-state index in [0.29, 0.717) is 23.9 Å². The van der Waals surface area contributed by atoms with Crippen molar-refractivity contribution in [2.24, 2.45) is 5.73 Å². The number of thiocarbonyl (C=S) groups is 1. The summed E-state index contributed by atoms with van der Waals surface area (Å²) in [5.74, 6) is 0.826. The Labute approximate surface area is 129 Å². The summed E-state index contributed by atoms with van der Waals surface area (Å²) in [6.07, 6.45) is 0.966. The normalized spacial score (nSPS) is 20.8. The van der Waals surface area contributed by atoms with Crippen LogP contribution in [0, 0.1) is 0 Å². The molecule has 1 aromatic rings. The summed E-state index contributed by atoms with van der Waals surface area (Å²) >= 11 is 6.79. The molecule has 20 heavy (non-hydrogen) atoms. The highest BCUT2D eigenvalue weighted by Gasteiger charge is 2.31. The molecule has 1 aromatic carbocycles. The number of nitrogens with zero attached hydrogens (tertiary/aromatic N) is 1. The van der Waals surface area contributed by atoms with Gasteiger partial charge in [0.15, 0.2) is 0 Å². The number of rotatable bonds is 4. The van der Waals surface area contributed by atoms with Crippen LogP contribution < -0.4 is 5.73 Å². The molecular formula is C13H18N2O2S3. The van der Waals surface area contributed by atoms with Crippen LogP contribution in [0.4, 0.5) is 0 Å². The van der Waals surface area contributed by atoms with E-state index in [9.17, 15) is 8.42 Å². The molecule has 1 fully saturated rings. The smallest absolute Gasteiger partial charge is 0.243 e. The number of sulfonamides is 1. The maximum absolute atomic E-state index is 12.8. The Morgan fingerprint density at radius 3 is 2.85 bits per heavy atom. The largest absolute Gasteiger partial charge is 0.389 e. The van der Waals surface area contributed by atoms with Crippen LogP contribution in [-0.2, 0) is 10.0 Å². The Hall–Kier alpha value is -0.630. The molecule has 1 aliphatic rings. The minimum atomic E-state index is -3.53. The highest BCUT2D eigenvalue weighted by atomic mass is 32.2. The van der Waals surface area contributed by atoms with Crippen LogP contribution in [0.15, 0.2) is 29.2 Å². The number of benzene rings is 1. The molecule has 0 amide bonds. The van der Waals surface area contributed by atoms with Gasteiger partial charge in [0.05, 0.1) is 4.90 Å². The highest BCUT2D eigenvalue weighted by Crippen LogP contribution is 2.27. The molecule has 2 N–H and O–H groups in total. The summed E-state index contributed by atoms with van der Waals surface area (Å²) in [7, 11) is -3.53. The molecule has 0 bridgehead atoms. The third-order valence-corrected chi connectivity index (χ3v) is 6.84. The van der Waals surface area contributed by atoms with E-state index in [1.165, 1.54) is 0 Å². The summed E-state index contributed by atoms with van der Waals surface area (Å²) in [6, 6.07) is 6.68. The maximum Gasteiger partial charge on any atom is 0.243 e. The molecule has 2 rings (SSSR count). The fourth-order valence-corrected chi connectivity index (χ4v) is 5.52. The van der Waals surface area contributed by atoms with Gasteiger partial charge in [0, 0.05) is 29.7 Å². The zero-order valence-electron chi connectivity index (χ0n) is 11.3. The molecule has 110 valence electrons. The van der Waals surface area contributed by atoms with Crippen molar-refractivity contribution in [3.05, 3.63) is 29.8 Å². The van der Waals surface area contributed by atoms with Crippen LogP contribution in [-0.4, -0.2) is 41.8 Å². The van der Waals surface area contributed by atoms with Gasteiger partial charge in [0.1, 0.15) is 4.99 Å². The fraction of sp³-hybridized carbons (Fsp3) is 0.462. The van der Waals surface area contributed by atoms with Gasteiger partial charge < -0.3 is 5.73 Å². The molecule has 0 spiro atoms.